The number of ether oxygens (including phenoxy) is 2. The second-order valence-electron chi connectivity index (χ2n) is 7.09. The molecular weight excluding hydrogens is 406 g/mol. The van der Waals surface area contributed by atoms with Crippen molar-refractivity contribution in [2.24, 2.45) is 5.10 Å². The third kappa shape index (κ3) is 4.18. The van der Waals surface area contributed by atoms with Gasteiger partial charge in [0.2, 0.25) is 0 Å². The molecule has 4 aromatic rings. The number of nitrogens with zero attached hydrogens (tertiary/aromatic N) is 2. The van der Waals surface area contributed by atoms with E-state index in [1.807, 2.05) is 54.0 Å². The Morgan fingerprint density at radius 3 is 2.28 bits per heavy atom. The van der Waals surface area contributed by atoms with E-state index < -0.39 is 0 Å². The van der Waals surface area contributed by atoms with Crippen molar-refractivity contribution in [2.45, 2.75) is 13.5 Å². The van der Waals surface area contributed by atoms with E-state index in [1.54, 1.807) is 31.4 Å². The average molecular weight is 429 g/mol. The number of nitrogens with one attached hydrogen (secondary N) is 1. The monoisotopic (exact) mass is 429 g/mol. The lowest BCUT2D eigenvalue weighted by molar-refractivity contribution is -0.121. The Morgan fingerprint density at radius 1 is 1.00 bits per heavy atom. The number of hydrogen-bond acceptors (Lipinski definition) is 5. The molecule has 7 heteroatoms. The predicted molar refractivity (Wildman–Crippen MR) is 126 cm³/mol. The molecule has 0 aliphatic heterocycles. The molecule has 0 atom stereocenters. The SMILES string of the molecule is CCOc1ccc(/C=N\NC(=O)Cn2c3ccccc3c(=O)c3ccccc32)cc1OC. The van der Waals surface area contributed by atoms with Crippen LogP contribution in [0.25, 0.3) is 21.8 Å². The number of hydrogen-bond donors (Lipinski definition) is 1. The lowest BCUT2D eigenvalue weighted by atomic mass is 10.1. The van der Waals surface area contributed by atoms with Crippen LogP contribution in [-0.2, 0) is 11.3 Å². The normalized spacial score (nSPS) is 11.2. The van der Waals surface area contributed by atoms with Gasteiger partial charge in [-0.15, -0.1) is 0 Å². The fourth-order valence-corrected chi connectivity index (χ4v) is 3.64. The number of methoxy groups -OCH3 is 1. The van der Waals surface area contributed by atoms with Crippen molar-refractivity contribution >= 4 is 33.9 Å². The molecule has 1 aromatic heterocycles. The second kappa shape index (κ2) is 9.34. The van der Waals surface area contributed by atoms with Gasteiger partial charge in [0.15, 0.2) is 16.9 Å². The molecule has 162 valence electrons. The van der Waals surface area contributed by atoms with Crippen LogP contribution in [0.5, 0.6) is 11.5 Å². The number of para-hydroxylation sites is 2. The van der Waals surface area contributed by atoms with Crippen LogP contribution >= 0.6 is 0 Å². The smallest absolute Gasteiger partial charge is 0.260 e. The van der Waals surface area contributed by atoms with Crippen LogP contribution in [0, 0.1) is 0 Å². The number of aromatic nitrogens is 1. The van der Waals surface area contributed by atoms with Gasteiger partial charge >= 0.3 is 0 Å². The first-order valence-corrected chi connectivity index (χ1v) is 10.3. The van der Waals surface area contributed by atoms with Crippen molar-refractivity contribution in [1.82, 2.24) is 9.99 Å². The van der Waals surface area contributed by atoms with Gasteiger partial charge in [0.25, 0.3) is 5.91 Å². The molecule has 3 aromatic carbocycles. The van der Waals surface area contributed by atoms with Gasteiger partial charge < -0.3 is 14.0 Å². The van der Waals surface area contributed by atoms with Crippen molar-refractivity contribution in [3.05, 3.63) is 82.5 Å². The fourth-order valence-electron chi connectivity index (χ4n) is 3.64. The summed E-state index contributed by atoms with van der Waals surface area (Å²) in [5.41, 5.74) is 4.67. The van der Waals surface area contributed by atoms with E-state index in [9.17, 15) is 9.59 Å². The van der Waals surface area contributed by atoms with Crippen LogP contribution in [0.2, 0.25) is 0 Å². The van der Waals surface area contributed by atoms with Gasteiger partial charge in [-0.1, -0.05) is 24.3 Å². The van der Waals surface area contributed by atoms with Crippen molar-refractivity contribution in [1.29, 1.82) is 0 Å². The lowest BCUT2D eigenvalue weighted by Gasteiger charge is -2.14. The molecule has 0 spiro atoms. The van der Waals surface area contributed by atoms with Crippen LogP contribution in [0.4, 0.5) is 0 Å². The number of fused-ring (bicyclic) bond motifs is 2. The van der Waals surface area contributed by atoms with Gasteiger partial charge in [0.1, 0.15) is 6.54 Å². The molecule has 7 nitrogen and oxygen atoms in total. The van der Waals surface area contributed by atoms with E-state index in [4.69, 9.17) is 9.47 Å². The molecule has 0 fully saturated rings. The maximum atomic E-state index is 12.8. The van der Waals surface area contributed by atoms with Gasteiger partial charge in [-0.05, 0) is 55.0 Å². The number of carbonyl (C=O) groups excluding carboxylic acids is 1. The van der Waals surface area contributed by atoms with Crippen LogP contribution in [-0.4, -0.2) is 30.4 Å². The van der Waals surface area contributed by atoms with Gasteiger partial charge in [-0.25, -0.2) is 5.43 Å². The predicted octanol–water partition coefficient (Wildman–Crippen LogP) is 3.71. The maximum Gasteiger partial charge on any atom is 0.260 e. The van der Waals surface area contributed by atoms with Gasteiger partial charge in [-0.3, -0.25) is 9.59 Å². The molecule has 1 amide bonds. The molecular formula is C25H23N3O4. The summed E-state index contributed by atoms with van der Waals surface area (Å²) in [5.74, 6) is 0.930. The Balaban J connectivity index is 1.57. The molecule has 4 rings (SSSR count). The summed E-state index contributed by atoms with van der Waals surface area (Å²) < 4.78 is 12.7. The van der Waals surface area contributed by atoms with Gasteiger partial charge in [-0.2, -0.15) is 5.10 Å². The fraction of sp³-hybridized carbons (Fsp3) is 0.160. The summed E-state index contributed by atoms with van der Waals surface area (Å²) in [6, 6.07) is 20.0. The topological polar surface area (TPSA) is 81.9 Å². The van der Waals surface area contributed by atoms with Crippen LogP contribution in [0.15, 0.2) is 76.6 Å². The summed E-state index contributed by atoms with van der Waals surface area (Å²) in [7, 11) is 1.57. The van der Waals surface area contributed by atoms with Crippen molar-refractivity contribution in [2.75, 3.05) is 13.7 Å². The first-order valence-electron chi connectivity index (χ1n) is 10.3. The third-order valence-corrected chi connectivity index (χ3v) is 5.07. The number of amides is 1. The molecule has 0 saturated carbocycles. The van der Waals surface area contributed by atoms with E-state index >= 15 is 0 Å². The third-order valence-electron chi connectivity index (χ3n) is 5.07. The Bertz CT molecular complexity index is 1310. The zero-order valence-corrected chi connectivity index (χ0v) is 17.9. The number of hydrazone groups is 1. The van der Waals surface area contributed by atoms with E-state index in [2.05, 4.69) is 10.5 Å². The summed E-state index contributed by atoms with van der Waals surface area (Å²) >= 11 is 0. The molecule has 0 bridgehead atoms. The van der Waals surface area contributed by atoms with Crippen molar-refractivity contribution in [3.8, 4) is 11.5 Å². The summed E-state index contributed by atoms with van der Waals surface area (Å²) in [6.45, 7) is 2.46. The number of rotatable bonds is 7. The summed E-state index contributed by atoms with van der Waals surface area (Å²) in [6.07, 6.45) is 1.54. The summed E-state index contributed by atoms with van der Waals surface area (Å²) in [5, 5.41) is 5.22. The first kappa shape index (κ1) is 21.1. The second-order valence-corrected chi connectivity index (χ2v) is 7.09. The molecule has 0 radical (unpaired) electrons. The minimum Gasteiger partial charge on any atom is -0.493 e. The molecule has 0 aliphatic rings. The highest BCUT2D eigenvalue weighted by Gasteiger charge is 2.12. The van der Waals surface area contributed by atoms with E-state index in [1.165, 1.54) is 6.21 Å². The molecule has 32 heavy (non-hydrogen) atoms. The summed E-state index contributed by atoms with van der Waals surface area (Å²) in [4.78, 5) is 25.5. The standard InChI is InChI=1S/C25H23N3O4/c1-3-32-22-13-12-17(14-23(22)31-2)15-26-27-24(29)16-28-20-10-6-4-8-18(20)25(30)19-9-5-7-11-21(19)28/h4-15H,3,16H2,1-2H3,(H,27,29)/b26-15-. The van der Waals surface area contributed by atoms with Crippen LogP contribution in [0.1, 0.15) is 12.5 Å². The Labute approximate surface area is 184 Å². The molecule has 0 unspecified atom stereocenters. The van der Waals surface area contributed by atoms with Gasteiger partial charge in [0.05, 0.1) is 31.0 Å². The Kier molecular flexibility index (Phi) is 6.17. The highest BCUT2D eigenvalue weighted by molar-refractivity contribution is 5.95. The number of benzene rings is 3. The molecule has 0 aliphatic carbocycles. The van der Waals surface area contributed by atoms with Crippen molar-refractivity contribution in [3.63, 3.8) is 0 Å². The number of pyridine rings is 1. The maximum absolute atomic E-state index is 12.8. The van der Waals surface area contributed by atoms with E-state index in [0.717, 1.165) is 5.56 Å². The molecule has 0 saturated heterocycles. The zero-order valence-electron chi connectivity index (χ0n) is 17.9. The molecule has 1 N–H and O–H groups in total. The van der Waals surface area contributed by atoms with Gasteiger partial charge in [0, 0.05) is 10.8 Å². The highest BCUT2D eigenvalue weighted by atomic mass is 16.5. The minimum absolute atomic E-state index is 0.0191. The Hall–Kier alpha value is -4.13. The molecule has 1 heterocycles. The largest absolute Gasteiger partial charge is 0.493 e. The first-order chi connectivity index (χ1) is 15.6. The van der Waals surface area contributed by atoms with E-state index in [0.29, 0.717) is 39.9 Å². The van der Waals surface area contributed by atoms with E-state index in [-0.39, 0.29) is 17.9 Å². The lowest BCUT2D eigenvalue weighted by Crippen LogP contribution is -2.25. The highest BCUT2D eigenvalue weighted by Crippen LogP contribution is 2.27. The van der Waals surface area contributed by atoms with Crippen molar-refractivity contribution < 1.29 is 14.3 Å². The van der Waals surface area contributed by atoms with Crippen LogP contribution < -0.4 is 20.3 Å². The quantitative estimate of drug-likeness (QED) is 0.276. The average Bonchev–Trinajstić information content (AvgIpc) is 2.82. The zero-order chi connectivity index (χ0) is 22.5. The minimum atomic E-state index is -0.307. The number of carbonyl (C=O) groups is 1. The Morgan fingerprint density at radius 2 is 1.66 bits per heavy atom. The van der Waals surface area contributed by atoms with Crippen LogP contribution in [0.3, 0.4) is 0 Å².